The molecule has 0 amide bonds. The molecule has 0 spiro atoms. The molecule has 1 aliphatic heterocycles. The number of aryl methyl sites for hydroxylation is 1. The summed E-state index contributed by atoms with van der Waals surface area (Å²) in [5.74, 6) is 0. The van der Waals surface area contributed by atoms with Crippen LogP contribution in [0.2, 0.25) is 0 Å². The molecule has 1 heterocycles. The van der Waals surface area contributed by atoms with Crippen molar-refractivity contribution in [2.75, 3.05) is 20.6 Å². The lowest BCUT2D eigenvalue weighted by molar-refractivity contribution is 0.275. The van der Waals surface area contributed by atoms with E-state index in [4.69, 9.17) is 0 Å². The van der Waals surface area contributed by atoms with Gasteiger partial charge in [-0.2, -0.15) is 0 Å². The molecule has 0 unspecified atom stereocenters. The molecule has 1 aliphatic rings. The van der Waals surface area contributed by atoms with Gasteiger partial charge in [-0.1, -0.05) is 23.8 Å². The van der Waals surface area contributed by atoms with Crippen LogP contribution in [-0.2, 0) is 6.54 Å². The molecule has 0 fully saturated rings. The monoisotopic (exact) mass is 190 g/mol. The van der Waals surface area contributed by atoms with Gasteiger partial charge in [0.1, 0.15) is 0 Å². The maximum atomic E-state index is 3.45. The Bertz CT molecular complexity index is 331. The lowest BCUT2D eigenvalue weighted by Crippen LogP contribution is -2.35. The van der Waals surface area contributed by atoms with Crippen LogP contribution in [0.4, 0.5) is 0 Å². The predicted molar refractivity (Wildman–Crippen MR) is 59.3 cm³/mol. The second-order valence-corrected chi connectivity index (χ2v) is 4.31. The molecule has 1 aromatic carbocycles. The van der Waals surface area contributed by atoms with Crippen molar-refractivity contribution in [3.8, 4) is 0 Å². The zero-order valence-corrected chi connectivity index (χ0v) is 9.17. The zero-order chi connectivity index (χ0) is 10.1. The number of likely N-dealkylation sites (N-methyl/N-ethyl adjacent to an activating group) is 1. The minimum Gasteiger partial charge on any atom is -0.311 e. The average molecular weight is 190 g/mol. The summed E-state index contributed by atoms with van der Waals surface area (Å²) >= 11 is 0. The molecule has 2 nitrogen and oxygen atoms in total. The standard InChI is InChI=1S/C12H18N2/c1-9-4-5-10-7-13-8-12(14(2)3)11(10)6-9/h4-6,12-13H,7-8H2,1-3H3/t12-/m1/s1. The number of benzene rings is 1. The van der Waals surface area contributed by atoms with Crippen molar-refractivity contribution < 1.29 is 0 Å². The third kappa shape index (κ3) is 1.68. The van der Waals surface area contributed by atoms with E-state index < -0.39 is 0 Å². The van der Waals surface area contributed by atoms with Gasteiger partial charge in [-0.05, 0) is 32.1 Å². The first-order valence-electron chi connectivity index (χ1n) is 5.15. The molecule has 0 bridgehead atoms. The van der Waals surface area contributed by atoms with Crippen LogP contribution in [0.1, 0.15) is 22.7 Å². The summed E-state index contributed by atoms with van der Waals surface area (Å²) in [4.78, 5) is 2.28. The first-order valence-corrected chi connectivity index (χ1v) is 5.15. The van der Waals surface area contributed by atoms with Crippen molar-refractivity contribution in [2.45, 2.75) is 19.5 Å². The van der Waals surface area contributed by atoms with Gasteiger partial charge in [0, 0.05) is 19.1 Å². The van der Waals surface area contributed by atoms with Crippen molar-refractivity contribution in [1.29, 1.82) is 0 Å². The number of fused-ring (bicyclic) bond motifs is 1. The van der Waals surface area contributed by atoms with E-state index >= 15 is 0 Å². The van der Waals surface area contributed by atoms with E-state index in [0.29, 0.717) is 6.04 Å². The summed E-state index contributed by atoms with van der Waals surface area (Å²) in [6, 6.07) is 7.28. The van der Waals surface area contributed by atoms with E-state index in [0.717, 1.165) is 13.1 Å². The molecule has 0 aliphatic carbocycles. The van der Waals surface area contributed by atoms with Crippen molar-refractivity contribution in [3.63, 3.8) is 0 Å². The molecule has 0 saturated carbocycles. The van der Waals surface area contributed by atoms with Crippen molar-refractivity contribution in [1.82, 2.24) is 10.2 Å². The minimum absolute atomic E-state index is 0.527. The van der Waals surface area contributed by atoms with Crippen molar-refractivity contribution in [2.24, 2.45) is 0 Å². The van der Waals surface area contributed by atoms with Gasteiger partial charge < -0.3 is 10.2 Å². The Balaban J connectivity index is 2.41. The Hall–Kier alpha value is -0.860. The quantitative estimate of drug-likeness (QED) is 0.725. The largest absolute Gasteiger partial charge is 0.311 e. The summed E-state index contributed by atoms with van der Waals surface area (Å²) < 4.78 is 0. The highest BCUT2D eigenvalue weighted by Crippen LogP contribution is 2.26. The first kappa shape index (κ1) is 9.69. The van der Waals surface area contributed by atoms with Crippen LogP contribution in [0.25, 0.3) is 0 Å². The van der Waals surface area contributed by atoms with Gasteiger partial charge in [0.25, 0.3) is 0 Å². The van der Waals surface area contributed by atoms with E-state index in [1.807, 2.05) is 0 Å². The summed E-state index contributed by atoms with van der Waals surface area (Å²) in [7, 11) is 4.29. The van der Waals surface area contributed by atoms with Crippen molar-refractivity contribution >= 4 is 0 Å². The van der Waals surface area contributed by atoms with Gasteiger partial charge in [0.2, 0.25) is 0 Å². The molecular formula is C12H18N2. The summed E-state index contributed by atoms with van der Waals surface area (Å²) in [5.41, 5.74) is 4.30. The molecule has 14 heavy (non-hydrogen) atoms. The van der Waals surface area contributed by atoms with Crippen LogP contribution in [0, 0.1) is 6.92 Å². The summed E-state index contributed by atoms with van der Waals surface area (Å²) in [6.45, 7) is 4.23. The fourth-order valence-electron chi connectivity index (χ4n) is 2.10. The highest BCUT2D eigenvalue weighted by Gasteiger charge is 2.20. The van der Waals surface area contributed by atoms with Gasteiger partial charge in [0.05, 0.1) is 0 Å². The van der Waals surface area contributed by atoms with Gasteiger partial charge in [-0.25, -0.2) is 0 Å². The Morgan fingerprint density at radius 2 is 2.14 bits per heavy atom. The smallest absolute Gasteiger partial charge is 0.0470 e. The second-order valence-electron chi connectivity index (χ2n) is 4.31. The minimum atomic E-state index is 0.527. The Morgan fingerprint density at radius 3 is 2.86 bits per heavy atom. The maximum absolute atomic E-state index is 3.45. The number of hydrogen-bond donors (Lipinski definition) is 1. The first-order chi connectivity index (χ1) is 6.68. The normalized spacial score (nSPS) is 21.0. The lowest BCUT2D eigenvalue weighted by Gasteiger charge is -2.31. The Morgan fingerprint density at radius 1 is 1.36 bits per heavy atom. The number of nitrogens with one attached hydrogen (secondary N) is 1. The number of rotatable bonds is 1. The zero-order valence-electron chi connectivity index (χ0n) is 9.17. The number of hydrogen-bond acceptors (Lipinski definition) is 2. The summed E-state index contributed by atoms with van der Waals surface area (Å²) in [5, 5.41) is 3.45. The van der Waals surface area contributed by atoms with E-state index in [-0.39, 0.29) is 0 Å². The molecule has 76 valence electrons. The third-order valence-corrected chi connectivity index (χ3v) is 2.94. The molecule has 0 aromatic heterocycles. The van der Waals surface area contributed by atoms with Gasteiger partial charge >= 0.3 is 0 Å². The molecule has 2 rings (SSSR count). The summed E-state index contributed by atoms with van der Waals surface area (Å²) in [6.07, 6.45) is 0. The Kier molecular flexibility index (Phi) is 2.57. The predicted octanol–water partition coefficient (Wildman–Crippen LogP) is 1.70. The van der Waals surface area contributed by atoms with E-state index in [1.165, 1.54) is 16.7 Å². The number of nitrogens with zero attached hydrogens (tertiary/aromatic N) is 1. The van der Waals surface area contributed by atoms with Crippen molar-refractivity contribution in [3.05, 3.63) is 34.9 Å². The van der Waals surface area contributed by atoms with Crippen LogP contribution in [0.5, 0.6) is 0 Å². The van der Waals surface area contributed by atoms with Gasteiger partial charge in [-0.15, -0.1) is 0 Å². The molecule has 1 aromatic rings. The van der Waals surface area contributed by atoms with Crippen LogP contribution in [0.15, 0.2) is 18.2 Å². The third-order valence-electron chi connectivity index (χ3n) is 2.94. The van der Waals surface area contributed by atoms with E-state index in [1.54, 1.807) is 0 Å². The van der Waals surface area contributed by atoms with Crippen LogP contribution in [-0.4, -0.2) is 25.5 Å². The average Bonchev–Trinajstić information content (AvgIpc) is 2.16. The fraction of sp³-hybridized carbons (Fsp3) is 0.500. The van der Waals surface area contributed by atoms with Gasteiger partial charge in [-0.3, -0.25) is 0 Å². The highest BCUT2D eigenvalue weighted by atomic mass is 15.1. The van der Waals surface area contributed by atoms with Crippen LogP contribution >= 0.6 is 0 Å². The molecule has 2 heteroatoms. The maximum Gasteiger partial charge on any atom is 0.0470 e. The fourth-order valence-corrected chi connectivity index (χ4v) is 2.10. The Labute approximate surface area is 85.9 Å². The molecule has 0 saturated heterocycles. The molecule has 1 atom stereocenters. The topological polar surface area (TPSA) is 15.3 Å². The lowest BCUT2D eigenvalue weighted by atomic mass is 9.94. The van der Waals surface area contributed by atoms with Crippen LogP contribution < -0.4 is 5.32 Å². The highest BCUT2D eigenvalue weighted by molar-refractivity contribution is 5.35. The second kappa shape index (κ2) is 3.71. The van der Waals surface area contributed by atoms with E-state index in [9.17, 15) is 0 Å². The molecule has 0 radical (unpaired) electrons. The molecular weight excluding hydrogens is 172 g/mol. The van der Waals surface area contributed by atoms with Gasteiger partial charge in [0.15, 0.2) is 0 Å². The molecule has 1 N–H and O–H groups in total. The van der Waals surface area contributed by atoms with Crippen LogP contribution in [0.3, 0.4) is 0 Å². The SMILES string of the molecule is Cc1ccc2c(c1)[C@H](N(C)C)CNC2. The van der Waals surface area contributed by atoms with E-state index in [2.05, 4.69) is 49.4 Å².